The van der Waals surface area contributed by atoms with Crippen molar-refractivity contribution in [3.8, 4) is 0 Å². The Morgan fingerprint density at radius 1 is 1.58 bits per heavy atom. The SMILES string of the molecule is CNc1nc[c]cc1C(O)NC. The van der Waals surface area contributed by atoms with Gasteiger partial charge in [0.2, 0.25) is 0 Å². The van der Waals surface area contributed by atoms with Crippen LogP contribution < -0.4 is 10.6 Å². The topological polar surface area (TPSA) is 57.2 Å². The van der Waals surface area contributed by atoms with Crippen LogP contribution >= 0.6 is 0 Å². The molecule has 1 atom stereocenters. The second kappa shape index (κ2) is 4.04. The van der Waals surface area contributed by atoms with Gasteiger partial charge in [-0.05, 0) is 13.1 Å². The lowest BCUT2D eigenvalue weighted by molar-refractivity contribution is 0.149. The van der Waals surface area contributed by atoms with Crippen molar-refractivity contribution in [2.45, 2.75) is 6.23 Å². The second-order valence-electron chi connectivity index (χ2n) is 2.31. The third kappa shape index (κ3) is 1.72. The summed E-state index contributed by atoms with van der Waals surface area (Å²) in [6.45, 7) is 0. The molecule has 0 saturated heterocycles. The van der Waals surface area contributed by atoms with Crippen molar-refractivity contribution in [1.82, 2.24) is 10.3 Å². The smallest absolute Gasteiger partial charge is 0.134 e. The number of anilines is 1. The zero-order valence-corrected chi connectivity index (χ0v) is 7.13. The monoisotopic (exact) mass is 166 g/mol. The van der Waals surface area contributed by atoms with Gasteiger partial charge >= 0.3 is 0 Å². The largest absolute Gasteiger partial charge is 0.374 e. The summed E-state index contributed by atoms with van der Waals surface area (Å²) in [7, 11) is 3.44. The van der Waals surface area contributed by atoms with E-state index < -0.39 is 6.23 Å². The molecule has 65 valence electrons. The molecule has 12 heavy (non-hydrogen) atoms. The average molecular weight is 166 g/mol. The zero-order chi connectivity index (χ0) is 8.97. The van der Waals surface area contributed by atoms with E-state index in [1.807, 2.05) is 0 Å². The van der Waals surface area contributed by atoms with E-state index >= 15 is 0 Å². The molecular formula is C8H12N3O. The van der Waals surface area contributed by atoms with Crippen LogP contribution in [0.25, 0.3) is 0 Å². The Bertz CT molecular complexity index is 252. The molecule has 0 aliphatic rings. The Labute approximate surface area is 71.6 Å². The molecule has 1 unspecified atom stereocenters. The fourth-order valence-electron chi connectivity index (χ4n) is 0.945. The average Bonchev–Trinajstić information content (AvgIpc) is 2.16. The lowest BCUT2D eigenvalue weighted by Gasteiger charge is -2.12. The van der Waals surface area contributed by atoms with E-state index in [1.165, 1.54) is 0 Å². The molecule has 4 nitrogen and oxygen atoms in total. The van der Waals surface area contributed by atoms with Crippen LogP contribution in [-0.4, -0.2) is 24.2 Å². The van der Waals surface area contributed by atoms with Gasteiger partial charge in [-0.2, -0.15) is 0 Å². The molecule has 0 fully saturated rings. The molecule has 0 aromatic carbocycles. The summed E-state index contributed by atoms with van der Waals surface area (Å²) in [6, 6.07) is 4.49. The van der Waals surface area contributed by atoms with Crippen molar-refractivity contribution < 1.29 is 5.11 Å². The molecule has 0 bridgehead atoms. The first kappa shape index (κ1) is 8.96. The first-order valence-electron chi connectivity index (χ1n) is 3.68. The molecule has 1 rings (SSSR count). The Kier molecular flexibility index (Phi) is 3.01. The Hall–Kier alpha value is -1.13. The van der Waals surface area contributed by atoms with Gasteiger partial charge in [0, 0.05) is 24.9 Å². The van der Waals surface area contributed by atoms with Gasteiger partial charge in [0.15, 0.2) is 0 Å². The van der Waals surface area contributed by atoms with Crippen molar-refractivity contribution in [2.24, 2.45) is 0 Å². The summed E-state index contributed by atoms with van der Waals surface area (Å²) in [4.78, 5) is 4.00. The number of aliphatic hydroxyl groups is 1. The number of nitrogens with zero attached hydrogens (tertiary/aromatic N) is 1. The van der Waals surface area contributed by atoms with Crippen LogP contribution in [-0.2, 0) is 0 Å². The summed E-state index contributed by atoms with van der Waals surface area (Å²) < 4.78 is 0. The Morgan fingerprint density at radius 3 is 2.92 bits per heavy atom. The summed E-state index contributed by atoms with van der Waals surface area (Å²) >= 11 is 0. The quantitative estimate of drug-likeness (QED) is 0.559. The molecule has 0 aliphatic heterocycles. The fraction of sp³-hybridized carbons (Fsp3) is 0.375. The number of nitrogens with one attached hydrogen (secondary N) is 2. The number of pyridine rings is 1. The van der Waals surface area contributed by atoms with Crippen molar-refractivity contribution >= 4 is 5.82 Å². The van der Waals surface area contributed by atoms with Crippen LogP contribution in [0.4, 0.5) is 5.82 Å². The predicted molar refractivity (Wildman–Crippen MR) is 46.6 cm³/mol. The highest BCUT2D eigenvalue weighted by Crippen LogP contribution is 2.16. The van der Waals surface area contributed by atoms with Crippen molar-refractivity contribution in [3.63, 3.8) is 0 Å². The van der Waals surface area contributed by atoms with Gasteiger partial charge in [-0.25, -0.2) is 4.98 Å². The third-order valence-electron chi connectivity index (χ3n) is 1.59. The van der Waals surface area contributed by atoms with Crippen LogP contribution in [0.5, 0.6) is 0 Å². The number of hydrogen-bond donors (Lipinski definition) is 3. The minimum Gasteiger partial charge on any atom is -0.374 e. The first-order chi connectivity index (χ1) is 5.79. The van der Waals surface area contributed by atoms with Gasteiger partial charge in [0.05, 0.1) is 0 Å². The number of aromatic nitrogens is 1. The van der Waals surface area contributed by atoms with Crippen molar-refractivity contribution in [3.05, 3.63) is 23.9 Å². The normalized spacial score (nSPS) is 12.6. The molecule has 0 spiro atoms. The summed E-state index contributed by atoms with van der Waals surface area (Å²) in [5.74, 6) is 0.663. The van der Waals surface area contributed by atoms with Crippen LogP contribution in [0.15, 0.2) is 12.3 Å². The lowest BCUT2D eigenvalue weighted by atomic mass is 10.2. The summed E-state index contributed by atoms with van der Waals surface area (Å²) in [5.41, 5.74) is 0.697. The Morgan fingerprint density at radius 2 is 2.33 bits per heavy atom. The third-order valence-corrected chi connectivity index (χ3v) is 1.59. The maximum Gasteiger partial charge on any atom is 0.134 e. The van der Waals surface area contributed by atoms with E-state index in [0.717, 1.165) is 0 Å². The Balaban J connectivity index is 2.96. The van der Waals surface area contributed by atoms with Crippen LogP contribution in [0, 0.1) is 6.07 Å². The zero-order valence-electron chi connectivity index (χ0n) is 7.13. The molecule has 1 radical (unpaired) electrons. The fourth-order valence-corrected chi connectivity index (χ4v) is 0.945. The van der Waals surface area contributed by atoms with Gasteiger partial charge in [-0.3, -0.25) is 5.32 Å². The van der Waals surface area contributed by atoms with Gasteiger partial charge < -0.3 is 10.4 Å². The lowest BCUT2D eigenvalue weighted by Crippen LogP contribution is -2.17. The van der Waals surface area contributed by atoms with E-state index in [-0.39, 0.29) is 0 Å². The maximum absolute atomic E-state index is 9.43. The molecular weight excluding hydrogens is 154 g/mol. The van der Waals surface area contributed by atoms with Gasteiger partial charge in [-0.1, -0.05) is 0 Å². The maximum atomic E-state index is 9.43. The highest BCUT2D eigenvalue weighted by molar-refractivity contribution is 5.43. The number of hydrogen-bond acceptors (Lipinski definition) is 4. The first-order valence-corrected chi connectivity index (χ1v) is 3.68. The van der Waals surface area contributed by atoms with Gasteiger partial charge in [-0.15, -0.1) is 0 Å². The number of aliphatic hydroxyl groups excluding tert-OH is 1. The molecule has 1 heterocycles. The van der Waals surface area contributed by atoms with E-state index in [9.17, 15) is 5.11 Å². The predicted octanol–water partition coefficient (Wildman–Crippen LogP) is 0.134. The molecule has 0 saturated carbocycles. The number of rotatable bonds is 3. The molecule has 0 amide bonds. The van der Waals surface area contributed by atoms with E-state index in [0.29, 0.717) is 11.4 Å². The van der Waals surface area contributed by atoms with Gasteiger partial charge in [0.25, 0.3) is 0 Å². The second-order valence-corrected chi connectivity index (χ2v) is 2.31. The van der Waals surface area contributed by atoms with Crippen LogP contribution in [0.3, 0.4) is 0 Å². The van der Waals surface area contributed by atoms with Crippen molar-refractivity contribution in [1.29, 1.82) is 0 Å². The van der Waals surface area contributed by atoms with Crippen LogP contribution in [0.1, 0.15) is 11.8 Å². The standard InChI is InChI=1S/C8H12N3O/c1-9-7-6(8(12)10-2)4-3-5-11-7/h4-5,8,10,12H,1-2H3,(H,9,11). The summed E-state index contributed by atoms with van der Waals surface area (Å²) in [5, 5.41) is 15.0. The van der Waals surface area contributed by atoms with E-state index in [1.54, 1.807) is 26.4 Å². The molecule has 1 aromatic heterocycles. The highest BCUT2D eigenvalue weighted by atomic mass is 16.3. The molecule has 0 aliphatic carbocycles. The highest BCUT2D eigenvalue weighted by Gasteiger charge is 2.08. The van der Waals surface area contributed by atoms with E-state index in [2.05, 4.69) is 21.7 Å². The molecule has 4 heteroatoms. The van der Waals surface area contributed by atoms with Gasteiger partial charge in [0.1, 0.15) is 12.0 Å². The minimum absolute atomic E-state index is 0.663. The van der Waals surface area contributed by atoms with Crippen LogP contribution in [0.2, 0.25) is 0 Å². The minimum atomic E-state index is -0.697. The van der Waals surface area contributed by atoms with E-state index in [4.69, 9.17) is 0 Å². The van der Waals surface area contributed by atoms with Crippen molar-refractivity contribution in [2.75, 3.05) is 19.4 Å². The summed E-state index contributed by atoms with van der Waals surface area (Å²) in [6.07, 6.45) is 0.856. The molecule has 1 aromatic rings. The molecule has 3 N–H and O–H groups in total.